The van der Waals surface area contributed by atoms with Gasteiger partial charge in [-0.1, -0.05) is 39.2 Å². The molecule has 0 unspecified atom stereocenters. The summed E-state index contributed by atoms with van der Waals surface area (Å²) in [5, 5.41) is 8.13. The molecule has 0 fully saturated rings. The first kappa shape index (κ1) is 17.3. The third-order valence-corrected chi connectivity index (χ3v) is 1.50. The number of imidazole rings is 1. The van der Waals surface area contributed by atoms with Gasteiger partial charge in [0.25, 0.3) is 0 Å². The summed E-state index contributed by atoms with van der Waals surface area (Å²) < 4.78 is 2.01. The minimum absolute atomic E-state index is 0.449. The Balaban J connectivity index is 0. The molecule has 92 valence electrons. The van der Waals surface area contributed by atoms with Crippen LogP contribution in [0.15, 0.2) is 55.7 Å². The molecule has 0 radical (unpaired) electrons. The number of rotatable bonds is 3. The molecule has 17 heavy (non-hydrogen) atoms. The van der Waals surface area contributed by atoms with E-state index in [9.17, 15) is 0 Å². The first-order valence-electron chi connectivity index (χ1n) is 5.58. The highest BCUT2D eigenvalue weighted by Crippen LogP contribution is 1.87. The smallest absolute Gasteiger partial charge is 0.0985 e. The molecule has 3 nitrogen and oxygen atoms in total. The zero-order chi connectivity index (χ0) is 13.5. The molecule has 3 heteroatoms. The maximum Gasteiger partial charge on any atom is 0.0985 e. The van der Waals surface area contributed by atoms with Gasteiger partial charge >= 0.3 is 0 Å². The quantitative estimate of drug-likeness (QED) is 0.587. The van der Waals surface area contributed by atoms with Crippen LogP contribution in [0.2, 0.25) is 0 Å². The van der Waals surface area contributed by atoms with Gasteiger partial charge in [0.1, 0.15) is 0 Å². The van der Waals surface area contributed by atoms with E-state index in [4.69, 9.17) is 5.26 Å². The van der Waals surface area contributed by atoms with E-state index in [1.54, 1.807) is 30.8 Å². The van der Waals surface area contributed by atoms with E-state index in [0.717, 1.165) is 6.54 Å². The molecule has 0 saturated carbocycles. The summed E-state index contributed by atoms with van der Waals surface area (Å²) in [6.07, 6.45) is 10.4. The lowest BCUT2D eigenvalue weighted by Crippen LogP contribution is -1.85. The van der Waals surface area contributed by atoms with Gasteiger partial charge in [-0.15, -0.1) is 0 Å². The highest BCUT2D eigenvalue weighted by Gasteiger charge is 1.77. The Bertz CT molecular complexity index is 353. The molecular weight excluding hydrogens is 210 g/mol. The predicted octanol–water partition coefficient (Wildman–Crippen LogP) is 3.74. The Morgan fingerprint density at radius 3 is 2.47 bits per heavy atom. The van der Waals surface area contributed by atoms with Crippen molar-refractivity contribution in [2.45, 2.75) is 27.3 Å². The number of nitrogens with zero attached hydrogens (tertiary/aromatic N) is 3. The first-order valence-corrected chi connectivity index (χ1v) is 5.58. The van der Waals surface area contributed by atoms with Crippen molar-refractivity contribution in [3.8, 4) is 6.07 Å². The van der Waals surface area contributed by atoms with Gasteiger partial charge in [-0.3, -0.25) is 0 Å². The summed E-state index contributed by atoms with van der Waals surface area (Å²) in [7, 11) is 0. The molecule has 0 saturated heterocycles. The average Bonchev–Trinajstić information content (AvgIpc) is 2.92. The second-order valence-corrected chi connectivity index (χ2v) is 2.62. The number of allylic oxidation sites excluding steroid dienone is 4. The second-order valence-electron chi connectivity index (χ2n) is 2.62. The molecule has 0 N–H and O–H groups in total. The molecule has 1 heterocycles. The summed E-state index contributed by atoms with van der Waals surface area (Å²) in [6.45, 7) is 13.9. The molecule has 0 bridgehead atoms. The summed E-state index contributed by atoms with van der Waals surface area (Å²) in [4.78, 5) is 3.86. The lowest BCUT2D eigenvalue weighted by atomic mass is 10.3. The van der Waals surface area contributed by atoms with Crippen LogP contribution in [-0.2, 0) is 6.54 Å². The Labute approximate surface area is 104 Å². The van der Waals surface area contributed by atoms with E-state index in [0.29, 0.717) is 5.57 Å². The lowest BCUT2D eigenvalue weighted by Gasteiger charge is -1.87. The van der Waals surface area contributed by atoms with E-state index in [2.05, 4.69) is 25.1 Å². The Morgan fingerprint density at radius 1 is 1.53 bits per heavy atom. The van der Waals surface area contributed by atoms with E-state index < -0.39 is 0 Å². The van der Waals surface area contributed by atoms with Crippen molar-refractivity contribution in [2.75, 3.05) is 0 Å². The lowest BCUT2D eigenvalue weighted by molar-refractivity contribution is 0.761. The Hall–Kier alpha value is -2.08. The number of aryl methyl sites for hydroxylation is 1. The van der Waals surface area contributed by atoms with Crippen molar-refractivity contribution in [1.82, 2.24) is 9.55 Å². The molecule has 0 aliphatic rings. The SMILES string of the molecule is C=C/C=C\C(=C)C#N.CC.CCn1ccnc1. The van der Waals surface area contributed by atoms with Gasteiger partial charge in [0.15, 0.2) is 0 Å². The average molecular weight is 231 g/mol. The standard InChI is InChI=1S/C7H7N.C5H8N2.C2H6/c1-3-4-5-7(2)6-8;1-2-7-4-3-6-5-7;1-2/h3-5H,1-2H2;3-5H,2H2,1H3;1-2H3/b5-4-;;. The first-order chi connectivity index (χ1) is 8.24. The molecule has 0 aromatic carbocycles. The van der Waals surface area contributed by atoms with E-state index >= 15 is 0 Å². The molecule has 1 aromatic heterocycles. The van der Waals surface area contributed by atoms with Crippen LogP contribution in [0.5, 0.6) is 0 Å². The largest absolute Gasteiger partial charge is 0.338 e. The molecular formula is C14H21N3. The second kappa shape index (κ2) is 13.9. The summed E-state index contributed by atoms with van der Waals surface area (Å²) in [5.74, 6) is 0. The molecule has 0 amide bonds. The highest BCUT2D eigenvalue weighted by molar-refractivity contribution is 5.30. The topological polar surface area (TPSA) is 41.6 Å². The summed E-state index contributed by atoms with van der Waals surface area (Å²) >= 11 is 0. The van der Waals surface area contributed by atoms with Gasteiger partial charge in [-0.25, -0.2) is 4.98 Å². The van der Waals surface area contributed by atoms with Gasteiger partial charge in [-0.2, -0.15) is 5.26 Å². The summed E-state index contributed by atoms with van der Waals surface area (Å²) in [5.41, 5.74) is 0.449. The molecule has 1 aromatic rings. The van der Waals surface area contributed by atoms with E-state index in [1.807, 2.05) is 30.7 Å². The van der Waals surface area contributed by atoms with Gasteiger partial charge in [-0.05, 0) is 13.0 Å². The molecule has 0 aliphatic carbocycles. The molecule has 0 atom stereocenters. The number of hydrogen-bond acceptors (Lipinski definition) is 2. The van der Waals surface area contributed by atoms with Crippen LogP contribution in [0.3, 0.4) is 0 Å². The van der Waals surface area contributed by atoms with Crippen LogP contribution in [0, 0.1) is 11.3 Å². The van der Waals surface area contributed by atoms with Crippen LogP contribution < -0.4 is 0 Å². The highest BCUT2D eigenvalue weighted by atomic mass is 15.0. The maximum absolute atomic E-state index is 8.13. The van der Waals surface area contributed by atoms with Crippen molar-refractivity contribution in [2.24, 2.45) is 0 Å². The van der Waals surface area contributed by atoms with Crippen LogP contribution >= 0.6 is 0 Å². The molecule has 0 spiro atoms. The fourth-order valence-corrected chi connectivity index (χ4v) is 0.695. The van der Waals surface area contributed by atoms with Crippen LogP contribution in [0.4, 0.5) is 0 Å². The van der Waals surface area contributed by atoms with Crippen molar-refractivity contribution >= 4 is 0 Å². The van der Waals surface area contributed by atoms with Gasteiger partial charge < -0.3 is 4.57 Å². The van der Waals surface area contributed by atoms with Gasteiger partial charge in [0.05, 0.1) is 12.4 Å². The van der Waals surface area contributed by atoms with Crippen molar-refractivity contribution in [1.29, 1.82) is 5.26 Å². The van der Waals surface area contributed by atoms with E-state index in [1.165, 1.54) is 0 Å². The minimum atomic E-state index is 0.449. The van der Waals surface area contributed by atoms with Gasteiger partial charge in [0.2, 0.25) is 0 Å². The van der Waals surface area contributed by atoms with Gasteiger partial charge in [0, 0.05) is 24.5 Å². The maximum atomic E-state index is 8.13. The van der Waals surface area contributed by atoms with Crippen molar-refractivity contribution in [3.05, 3.63) is 55.7 Å². The zero-order valence-corrected chi connectivity index (χ0v) is 10.9. The van der Waals surface area contributed by atoms with Crippen LogP contribution in [0.1, 0.15) is 20.8 Å². The number of aromatic nitrogens is 2. The monoisotopic (exact) mass is 231 g/mol. The third kappa shape index (κ3) is 11.8. The number of nitriles is 1. The fourth-order valence-electron chi connectivity index (χ4n) is 0.695. The minimum Gasteiger partial charge on any atom is -0.338 e. The number of hydrogen-bond donors (Lipinski definition) is 0. The predicted molar refractivity (Wildman–Crippen MR) is 73.3 cm³/mol. The fraction of sp³-hybridized carbons (Fsp3) is 0.286. The Kier molecular flexibility index (Phi) is 14.2. The Morgan fingerprint density at radius 2 is 2.18 bits per heavy atom. The van der Waals surface area contributed by atoms with Crippen LogP contribution in [0.25, 0.3) is 0 Å². The van der Waals surface area contributed by atoms with E-state index in [-0.39, 0.29) is 0 Å². The third-order valence-electron chi connectivity index (χ3n) is 1.50. The molecule has 1 rings (SSSR count). The van der Waals surface area contributed by atoms with Crippen molar-refractivity contribution < 1.29 is 0 Å². The summed E-state index contributed by atoms with van der Waals surface area (Å²) in [6, 6.07) is 1.87. The van der Waals surface area contributed by atoms with Crippen molar-refractivity contribution in [3.63, 3.8) is 0 Å². The van der Waals surface area contributed by atoms with Crippen LogP contribution in [-0.4, -0.2) is 9.55 Å². The normalized spacial score (nSPS) is 8.12. The molecule has 0 aliphatic heterocycles. The zero-order valence-electron chi connectivity index (χ0n) is 10.9.